The summed E-state index contributed by atoms with van der Waals surface area (Å²) in [4.78, 5) is 0.578. The molecule has 4 heteroatoms. The van der Waals surface area contributed by atoms with Gasteiger partial charge in [-0.2, -0.15) is 0 Å². The van der Waals surface area contributed by atoms with E-state index in [-0.39, 0.29) is 11.6 Å². The van der Waals surface area contributed by atoms with Crippen LogP contribution in [0.25, 0.3) is 0 Å². The first-order chi connectivity index (χ1) is 8.15. The van der Waals surface area contributed by atoms with Crippen molar-refractivity contribution in [3.05, 3.63) is 59.9 Å². The first-order valence-corrected chi connectivity index (χ1v) is 6.39. The lowest BCUT2D eigenvalue weighted by molar-refractivity contribution is 0.475. The quantitative estimate of drug-likeness (QED) is 0.909. The van der Waals surface area contributed by atoms with Gasteiger partial charge in [-0.15, -0.1) is 0 Å². The second-order valence-corrected chi connectivity index (χ2v) is 5.06. The molecule has 0 aliphatic heterocycles. The Balaban J connectivity index is 2.14. The lowest BCUT2D eigenvalue weighted by atomic mass is 10.2. The molecular formula is C13H11FO2S. The van der Waals surface area contributed by atoms with Crippen molar-refractivity contribution < 1.29 is 13.7 Å². The zero-order chi connectivity index (χ0) is 12.3. The van der Waals surface area contributed by atoms with Gasteiger partial charge in [-0.25, -0.2) is 4.39 Å². The molecule has 2 aromatic carbocycles. The zero-order valence-electron chi connectivity index (χ0n) is 8.97. The van der Waals surface area contributed by atoms with Crippen LogP contribution in [0.15, 0.2) is 53.4 Å². The average molecular weight is 250 g/mol. The fourth-order valence-corrected chi connectivity index (χ4v) is 2.56. The minimum Gasteiger partial charge on any atom is -0.508 e. The molecule has 0 aliphatic carbocycles. The summed E-state index contributed by atoms with van der Waals surface area (Å²) in [6.45, 7) is 0. The number of hydrogen-bond acceptors (Lipinski definition) is 2. The van der Waals surface area contributed by atoms with Crippen molar-refractivity contribution in [2.24, 2.45) is 0 Å². The molecule has 0 saturated carbocycles. The SMILES string of the molecule is O=S(Cc1cccc(O)c1)c1ccc(F)cc1. The summed E-state index contributed by atoms with van der Waals surface area (Å²) >= 11 is 0. The van der Waals surface area contributed by atoms with Gasteiger partial charge >= 0.3 is 0 Å². The van der Waals surface area contributed by atoms with Crippen molar-refractivity contribution in [2.75, 3.05) is 0 Å². The Kier molecular flexibility index (Phi) is 3.54. The van der Waals surface area contributed by atoms with Gasteiger partial charge in [-0.05, 0) is 42.0 Å². The Labute approximate surface area is 101 Å². The summed E-state index contributed by atoms with van der Waals surface area (Å²) in [7, 11) is -1.23. The Morgan fingerprint density at radius 1 is 1.12 bits per heavy atom. The van der Waals surface area contributed by atoms with Gasteiger partial charge in [0.2, 0.25) is 0 Å². The smallest absolute Gasteiger partial charge is 0.123 e. The molecular weight excluding hydrogens is 239 g/mol. The van der Waals surface area contributed by atoms with Gasteiger partial charge in [0.1, 0.15) is 11.6 Å². The third-order valence-electron chi connectivity index (χ3n) is 2.28. The summed E-state index contributed by atoms with van der Waals surface area (Å²) in [5.74, 6) is 0.113. The lowest BCUT2D eigenvalue weighted by Gasteiger charge is -2.03. The highest BCUT2D eigenvalue weighted by molar-refractivity contribution is 7.84. The Morgan fingerprint density at radius 3 is 2.47 bits per heavy atom. The van der Waals surface area contributed by atoms with Gasteiger partial charge in [0.25, 0.3) is 0 Å². The van der Waals surface area contributed by atoms with E-state index in [1.54, 1.807) is 24.3 Å². The molecule has 0 saturated heterocycles. The Hall–Kier alpha value is -1.68. The van der Waals surface area contributed by atoms with Gasteiger partial charge < -0.3 is 5.11 Å². The number of hydrogen-bond donors (Lipinski definition) is 1. The molecule has 0 fully saturated rings. The standard InChI is InChI=1S/C13H11FO2S/c14-11-4-6-13(7-5-11)17(16)9-10-2-1-3-12(15)8-10/h1-8,15H,9H2. The van der Waals surface area contributed by atoms with Crippen LogP contribution in [0.5, 0.6) is 5.75 Å². The zero-order valence-corrected chi connectivity index (χ0v) is 9.78. The van der Waals surface area contributed by atoms with E-state index in [4.69, 9.17) is 0 Å². The van der Waals surface area contributed by atoms with Crippen molar-refractivity contribution in [2.45, 2.75) is 10.6 Å². The summed E-state index contributed by atoms with van der Waals surface area (Å²) in [6, 6.07) is 12.2. The van der Waals surface area contributed by atoms with Gasteiger partial charge in [0, 0.05) is 4.90 Å². The number of benzene rings is 2. The van der Waals surface area contributed by atoms with Crippen LogP contribution in [0.1, 0.15) is 5.56 Å². The maximum atomic E-state index is 12.7. The molecule has 1 atom stereocenters. The molecule has 0 aliphatic rings. The normalized spacial score (nSPS) is 12.3. The lowest BCUT2D eigenvalue weighted by Crippen LogP contribution is -1.96. The van der Waals surface area contributed by atoms with E-state index in [0.29, 0.717) is 10.6 Å². The Bertz CT molecular complexity index is 537. The topological polar surface area (TPSA) is 37.3 Å². The summed E-state index contributed by atoms with van der Waals surface area (Å²) in [6.07, 6.45) is 0. The first kappa shape index (κ1) is 11.8. The van der Waals surface area contributed by atoms with E-state index in [2.05, 4.69) is 0 Å². The summed E-state index contributed by atoms with van der Waals surface area (Å²) in [5, 5.41) is 9.28. The van der Waals surface area contributed by atoms with Crippen LogP contribution in [0.3, 0.4) is 0 Å². The molecule has 1 N–H and O–H groups in total. The highest BCUT2D eigenvalue weighted by atomic mass is 32.2. The summed E-state index contributed by atoms with van der Waals surface area (Å²) in [5.41, 5.74) is 0.785. The minimum absolute atomic E-state index is 0.151. The van der Waals surface area contributed by atoms with Crippen LogP contribution >= 0.6 is 0 Å². The van der Waals surface area contributed by atoms with Crippen molar-refractivity contribution in [1.82, 2.24) is 0 Å². The highest BCUT2D eigenvalue weighted by Crippen LogP contribution is 2.16. The van der Waals surface area contributed by atoms with Gasteiger partial charge in [-0.3, -0.25) is 4.21 Å². The largest absolute Gasteiger partial charge is 0.508 e. The van der Waals surface area contributed by atoms with Crippen LogP contribution in [0.4, 0.5) is 4.39 Å². The number of aromatic hydroxyl groups is 1. The van der Waals surface area contributed by atoms with E-state index in [1.807, 2.05) is 0 Å². The highest BCUT2D eigenvalue weighted by Gasteiger charge is 2.05. The maximum Gasteiger partial charge on any atom is 0.123 e. The van der Waals surface area contributed by atoms with Crippen LogP contribution < -0.4 is 0 Å². The molecule has 0 spiro atoms. The van der Waals surface area contributed by atoms with E-state index < -0.39 is 10.8 Å². The molecule has 2 rings (SSSR count). The monoisotopic (exact) mass is 250 g/mol. The van der Waals surface area contributed by atoms with Crippen LogP contribution in [-0.2, 0) is 16.6 Å². The number of phenols is 1. The summed E-state index contributed by atoms with van der Waals surface area (Å²) < 4.78 is 24.6. The van der Waals surface area contributed by atoms with Gasteiger partial charge in [0.15, 0.2) is 0 Å². The van der Waals surface area contributed by atoms with Crippen LogP contribution in [0.2, 0.25) is 0 Å². The first-order valence-electron chi connectivity index (χ1n) is 5.07. The van der Waals surface area contributed by atoms with Crippen molar-refractivity contribution in [3.8, 4) is 5.75 Å². The van der Waals surface area contributed by atoms with E-state index in [0.717, 1.165) is 5.56 Å². The van der Waals surface area contributed by atoms with E-state index in [9.17, 15) is 13.7 Å². The maximum absolute atomic E-state index is 12.7. The van der Waals surface area contributed by atoms with Crippen molar-refractivity contribution in [3.63, 3.8) is 0 Å². The van der Waals surface area contributed by atoms with E-state index >= 15 is 0 Å². The predicted octanol–water partition coefficient (Wildman–Crippen LogP) is 2.84. The second kappa shape index (κ2) is 5.10. The second-order valence-electron chi connectivity index (χ2n) is 3.61. The molecule has 1 unspecified atom stereocenters. The van der Waals surface area contributed by atoms with E-state index in [1.165, 1.54) is 24.3 Å². The third-order valence-corrected chi connectivity index (χ3v) is 3.68. The predicted molar refractivity (Wildman–Crippen MR) is 64.6 cm³/mol. The van der Waals surface area contributed by atoms with Gasteiger partial charge in [-0.1, -0.05) is 12.1 Å². The molecule has 0 bridgehead atoms. The van der Waals surface area contributed by atoms with Crippen molar-refractivity contribution >= 4 is 10.8 Å². The molecule has 17 heavy (non-hydrogen) atoms. The molecule has 0 aromatic heterocycles. The number of phenolic OH excluding ortho intramolecular Hbond substituents is 1. The van der Waals surface area contributed by atoms with Gasteiger partial charge in [0.05, 0.1) is 16.6 Å². The van der Waals surface area contributed by atoms with Crippen LogP contribution in [0, 0.1) is 5.82 Å². The Morgan fingerprint density at radius 2 is 1.82 bits per heavy atom. The average Bonchev–Trinajstić information content (AvgIpc) is 2.29. The molecule has 0 heterocycles. The third kappa shape index (κ3) is 3.14. The van der Waals surface area contributed by atoms with Crippen molar-refractivity contribution in [1.29, 1.82) is 0 Å². The molecule has 0 amide bonds. The molecule has 0 radical (unpaired) electrons. The molecule has 2 aromatic rings. The van der Waals surface area contributed by atoms with Crippen LogP contribution in [-0.4, -0.2) is 9.32 Å². The number of halogens is 1. The molecule has 88 valence electrons. The fourth-order valence-electron chi connectivity index (χ4n) is 1.47. The number of rotatable bonds is 3. The molecule has 2 nitrogen and oxygen atoms in total. The minimum atomic E-state index is -1.23. The fraction of sp³-hybridized carbons (Fsp3) is 0.0769.